The van der Waals surface area contributed by atoms with Crippen LogP contribution < -0.4 is 9.47 Å². The first-order chi connectivity index (χ1) is 7.60. The van der Waals surface area contributed by atoms with Gasteiger partial charge in [0, 0.05) is 18.4 Å². The zero-order valence-electron chi connectivity index (χ0n) is 9.87. The van der Waals surface area contributed by atoms with Crippen LogP contribution in [0.3, 0.4) is 0 Å². The Morgan fingerprint density at radius 1 is 1.19 bits per heavy atom. The molecular weight excluding hydrogens is 204 g/mol. The SMILES string of the molecule is CCC1(CC)Oc2ccc(C(C)=O)cc2O1. The van der Waals surface area contributed by atoms with Crippen molar-refractivity contribution in [1.82, 2.24) is 0 Å². The summed E-state index contributed by atoms with van der Waals surface area (Å²) in [6, 6.07) is 5.33. The van der Waals surface area contributed by atoms with Gasteiger partial charge in [0.25, 0.3) is 5.79 Å². The first-order valence-electron chi connectivity index (χ1n) is 5.63. The number of Topliss-reactive ketones (excluding diaryl/α,β-unsaturated/α-hetero) is 1. The van der Waals surface area contributed by atoms with Crippen molar-refractivity contribution in [1.29, 1.82) is 0 Å². The maximum absolute atomic E-state index is 11.2. The molecule has 0 bridgehead atoms. The van der Waals surface area contributed by atoms with Gasteiger partial charge in [-0.25, -0.2) is 0 Å². The molecule has 16 heavy (non-hydrogen) atoms. The summed E-state index contributed by atoms with van der Waals surface area (Å²) >= 11 is 0. The molecule has 0 saturated heterocycles. The molecule has 0 aliphatic carbocycles. The largest absolute Gasteiger partial charge is 0.448 e. The molecule has 0 aromatic heterocycles. The molecule has 3 nitrogen and oxygen atoms in total. The summed E-state index contributed by atoms with van der Waals surface area (Å²) in [4.78, 5) is 11.2. The Kier molecular flexibility index (Phi) is 2.62. The lowest BCUT2D eigenvalue weighted by Crippen LogP contribution is -2.36. The lowest BCUT2D eigenvalue weighted by atomic mass is 10.1. The van der Waals surface area contributed by atoms with Gasteiger partial charge in [-0.2, -0.15) is 0 Å². The van der Waals surface area contributed by atoms with Crippen LogP contribution in [0.15, 0.2) is 18.2 Å². The maximum atomic E-state index is 11.2. The van der Waals surface area contributed by atoms with Crippen molar-refractivity contribution in [3.63, 3.8) is 0 Å². The first kappa shape index (κ1) is 11.0. The lowest BCUT2D eigenvalue weighted by Gasteiger charge is -2.24. The van der Waals surface area contributed by atoms with Crippen LogP contribution in [0.5, 0.6) is 11.5 Å². The minimum Gasteiger partial charge on any atom is -0.448 e. The van der Waals surface area contributed by atoms with Crippen LogP contribution in [0.4, 0.5) is 0 Å². The molecule has 0 saturated carbocycles. The van der Waals surface area contributed by atoms with Crippen molar-refractivity contribution in [3.05, 3.63) is 23.8 Å². The van der Waals surface area contributed by atoms with Crippen LogP contribution in [0.25, 0.3) is 0 Å². The minimum atomic E-state index is -0.544. The average molecular weight is 220 g/mol. The highest BCUT2D eigenvalue weighted by Gasteiger charge is 2.38. The van der Waals surface area contributed by atoms with E-state index in [-0.39, 0.29) is 5.78 Å². The number of ether oxygens (including phenoxy) is 2. The highest BCUT2D eigenvalue weighted by molar-refractivity contribution is 5.94. The number of carbonyl (C=O) groups is 1. The Balaban J connectivity index is 2.34. The molecule has 0 radical (unpaired) electrons. The minimum absolute atomic E-state index is 0.0388. The fourth-order valence-corrected chi connectivity index (χ4v) is 1.85. The predicted molar refractivity (Wildman–Crippen MR) is 61.0 cm³/mol. The zero-order chi connectivity index (χ0) is 11.8. The monoisotopic (exact) mass is 220 g/mol. The van der Waals surface area contributed by atoms with Crippen molar-refractivity contribution in [2.45, 2.75) is 39.4 Å². The van der Waals surface area contributed by atoms with E-state index in [9.17, 15) is 4.79 Å². The van der Waals surface area contributed by atoms with Crippen molar-refractivity contribution >= 4 is 5.78 Å². The van der Waals surface area contributed by atoms with Gasteiger partial charge in [-0.15, -0.1) is 0 Å². The third-order valence-electron chi connectivity index (χ3n) is 3.02. The Bertz CT molecular complexity index is 419. The van der Waals surface area contributed by atoms with E-state index in [1.165, 1.54) is 0 Å². The Morgan fingerprint density at radius 3 is 2.38 bits per heavy atom. The van der Waals surface area contributed by atoms with Crippen molar-refractivity contribution in [2.75, 3.05) is 0 Å². The van der Waals surface area contributed by atoms with Gasteiger partial charge in [-0.1, -0.05) is 13.8 Å². The zero-order valence-corrected chi connectivity index (χ0v) is 9.87. The van der Waals surface area contributed by atoms with E-state index in [1.54, 1.807) is 25.1 Å². The molecule has 3 heteroatoms. The third-order valence-corrected chi connectivity index (χ3v) is 3.02. The Labute approximate surface area is 95.4 Å². The van der Waals surface area contributed by atoms with E-state index in [4.69, 9.17) is 9.47 Å². The summed E-state index contributed by atoms with van der Waals surface area (Å²) in [7, 11) is 0. The molecule has 1 heterocycles. The molecule has 86 valence electrons. The van der Waals surface area contributed by atoms with Crippen LogP contribution >= 0.6 is 0 Å². The molecule has 0 amide bonds. The van der Waals surface area contributed by atoms with E-state index in [2.05, 4.69) is 0 Å². The third kappa shape index (κ3) is 1.66. The summed E-state index contributed by atoms with van der Waals surface area (Å²) in [5.74, 6) is 0.902. The van der Waals surface area contributed by atoms with Crippen LogP contribution in [0.1, 0.15) is 44.0 Å². The molecule has 1 aliphatic rings. The molecule has 0 N–H and O–H groups in total. The summed E-state index contributed by atoms with van der Waals surface area (Å²) < 4.78 is 11.6. The lowest BCUT2D eigenvalue weighted by molar-refractivity contribution is -0.0843. The highest BCUT2D eigenvalue weighted by Crippen LogP contribution is 2.42. The van der Waals surface area contributed by atoms with Crippen molar-refractivity contribution in [3.8, 4) is 11.5 Å². The van der Waals surface area contributed by atoms with E-state index < -0.39 is 5.79 Å². The molecule has 0 fully saturated rings. The first-order valence-corrected chi connectivity index (χ1v) is 5.63. The fraction of sp³-hybridized carbons (Fsp3) is 0.462. The molecule has 1 aromatic rings. The van der Waals surface area contributed by atoms with Gasteiger partial charge in [0.15, 0.2) is 17.3 Å². The van der Waals surface area contributed by atoms with E-state index >= 15 is 0 Å². The van der Waals surface area contributed by atoms with Crippen LogP contribution in [-0.2, 0) is 0 Å². The van der Waals surface area contributed by atoms with Crippen LogP contribution in [-0.4, -0.2) is 11.6 Å². The number of ketones is 1. The number of fused-ring (bicyclic) bond motifs is 1. The molecular formula is C13H16O3. The molecule has 0 atom stereocenters. The predicted octanol–water partition coefficient (Wildman–Crippen LogP) is 3.18. The van der Waals surface area contributed by atoms with Crippen LogP contribution in [0.2, 0.25) is 0 Å². The molecule has 0 spiro atoms. The number of rotatable bonds is 3. The van der Waals surface area contributed by atoms with E-state index in [0.29, 0.717) is 11.3 Å². The highest BCUT2D eigenvalue weighted by atomic mass is 16.7. The van der Waals surface area contributed by atoms with Gasteiger partial charge < -0.3 is 9.47 Å². The molecule has 0 unspecified atom stereocenters. The van der Waals surface area contributed by atoms with Gasteiger partial charge >= 0.3 is 0 Å². The number of benzene rings is 1. The summed E-state index contributed by atoms with van der Waals surface area (Å²) in [6.07, 6.45) is 1.57. The standard InChI is InChI=1S/C13H16O3/c1-4-13(5-2)15-11-7-6-10(9(3)14)8-12(11)16-13/h6-8H,4-5H2,1-3H3. The number of hydrogen-bond acceptors (Lipinski definition) is 3. The van der Waals surface area contributed by atoms with Crippen molar-refractivity contribution < 1.29 is 14.3 Å². The summed E-state index contributed by atoms with van der Waals surface area (Å²) in [5, 5.41) is 0. The topological polar surface area (TPSA) is 35.5 Å². The molecule has 1 aliphatic heterocycles. The van der Waals surface area contributed by atoms with Gasteiger partial charge in [-0.05, 0) is 25.1 Å². The van der Waals surface area contributed by atoms with Gasteiger partial charge in [0.1, 0.15) is 0 Å². The van der Waals surface area contributed by atoms with E-state index in [0.717, 1.165) is 18.6 Å². The van der Waals surface area contributed by atoms with Crippen LogP contribution in [0, 0.1) is 0 Å². The Morgan fingerprint density at radius 2 is 1.81 bits per heavy atom. The molecule has 2 rings (SSSR count). The second-order valence-electron chi connectivity index (χ2n) is 4.04. The number of hydrogen-bond donors (Lipinski definition) is 0. The maximum Gasteiger partial charge on any atom is 0.251 e. The second-order valence-corrected chi connectivity index (χ2v) is 4.04. The van der Waals surface area contributed by atoms with E-state index in [1.807, 2.05) is 13.8 Å². The number of carbonyl (C=O) groups excluding carboxylic acids is 1. The second kappa shape index (κ2) is 3.81. The van der Waals surface area contributed by atoms with Gasteiger partial charge in [0.05, 0.1) is 0 Å². The molecule has 1 aromatic carbocycles. The van der Waals surface area contributed by atoms with Gasteiger partial charge in [0.2, 0.25) is 0 Å². The Hall–Kier alpha value is -1.51. The summed E-state index contributed by atoms with van der Waals surface area (Å²) in [5.41, 5.74) is 0.658. The normalized spacial score (nSPS) is 16.2. The average Bonchev–Trinajstić information content (AvgIpc) is 2.67. The smallest absolute Gasteiger partial charge is 0.251 e. The van der Waals surface area contributed by atoms with Gasteiger partial charge in [-0.3, -0.25) is 4.79 Å². The van der Waals surface area contributed by atoms with Crippen molar-refractivity contribution in [2.24, 2.45) is 0 Å². The fourth-order valence-electron chi connectivity index (χ4n) is 1.85. The summed E-state index contributed by atoms with van der Waals surface area (Å²) in [6.45, 7) is 5.60. The quantitative estimate of drug-likeness (QED) is 0.734.